The molecule has 0 aromatic heterocycles. The number of hydrogen-bond acceptors (Lipinski definition) is 5. The van der Waals surface area contributed by atoms with Gasteiger partial charge in [0.05, 0.1) is 19.3 Å². The smallest absolute Gasteiger partial charge is 0.257 e. The molecular weight excluding hydrogens is 270 g/mol. The van der Waals surface area contributed by atoms with E-state index in [0.717, 1.165) is 19.5 Å². The molecule has 0 atom stereocenters. The third-order valence-electron chi connectivity index (χ3n) is 3.75. The minimum atomic E-state index is -0.0299. The summed E-state index contributed by atoms with van der Waals surface area (Å²) < 4.78 is 5.26. The molecule has 21 heavy (non-hydrogen) atoms. The topological polar surface area (TPSA) is 79.0 Å². The standard InChI is InChI=1S/C15H23N3O3/c1-21-14-11-12(16)3-4-13(14)15(20)18-6-2-5-17(7-8-18)9-10-19/h3-4,11,19H,2,5-10,16H2,1H3. The Labute approximate surface area is 125 Å². The number of aliphatic hydroxyl groups is 1. The summed E-state index contributed by atoms with van der Waals surface area (Å²) in [5.41, 5.74) is 6.84. The minimum absolute atomic E-state index is 0.0299. The van der Waals surface area contributed by atoms with Crippen LogP contribution in [0.4, 0.5) is 5.69 Å². The summed E-state index contributed by atoms with van der Waals surface area (Å²) >= 11 is 0. The first-order chi connectivity index (χ1) is 10.2. The Hall–Kier alpha value is -1.79. The second kappa shape index (κ2) is 7.28. The lowest BCUT2D eigenvalue weighted by Crippen LogP contribution is -2.36. The van der Waals surface area contributed by atoms with Gasteiger partial charge in [-0.05, 0) is 25.1 Å². The Morgan fingerprint density at radius 2 is 2.14 bits per heavy atom. The fraction of sp³-hybridized carbons (Fsp3) is 0.533. The Morgan fingerprint density at radius 3 is 2.86 bits per heavy atom. The molecule has 0 spiro atoms. The maximum absolute atomic E-state index is 12.6. The van der Waals surface area contributed by atoms with Gasteiger partial charge in [0, 0.05) is 37.9 Å². The summed E-state index contributed by atoms with van der Waals surface area (Å²) in [6.45, 7) is 3.88. The lowest BCUT2D eigenvalue weighted by molar-refractivity contribution is 0.0757. The predicted octanol–water partition coefficient (Wildman–Crippen LogP) is 0.418. The number of methoxy groups -OCH3 is 1. The summed E-state index contributed by atoms with van der Waals surface area (Å²) in [5.74, 6) is 0.481. The molecule has 6 heteroatoms. The molecule has 2 rings (SSSR count). The zero-order valence-corrected chi connectivity index (χ0v) is 12.4. The van der Waals surface area contributed by atoms with Gasteiger partial charge in [-0.2, -0.15) is 0 Å². The molecule has 1 heterocycles. The number of nitrogens with zero attached hydrogens (tertiary/aromatic N) is 2. The van der Waals surface area contributed by atoms with Gasteiger partial charge in [0.2, 0.25) is 0 Å². The van der Waals surface area contributed by atoms with Crippen LogP contribution in [0.2, 0.25) is 0 Å². The van der Waals surface area contributed by atoms with Crippen molar-refractivity contribution >= 4 is 11.6 Å². The van der Waals surface area contributed by atoms with Gasteiger partial charge < -0.3 is 20.5 Å². The molecule has 0 aliphatic carbocycles. The van der Waals surface area contributed by atoms with Gasteiger partial charge in [-0.25, -0.2) is 0 Å². The van der Waals surface area contributed by atoms with Gasteiger partial charge >= 0.3 is 0 Å². The van der Waals surface area contributed by atoms with E-state index < -0.39 is 0 Å². The van der Waals surface area contributed by atoms with Crippen molar-refractivity contribution in [2.45, 2.75) is 6.42 Å². The highest BCUT2D eigenvalue weighted by molar-refractivity contribution is 5.97. The highest BCUT2D eigenvalue weighted by atomic mass is 16.5. The molecular formula is C15H23N3O3. The number of carbonyl (C=O) groups excluding carboxylic acids is 1. The van der Waals surface area contributed by atoms with Crippen LogP contribution < -0.4 is 10.5 Å². The highest BCUT2D eigenvalue weighted by Crippen LogP contribution is 2.23. The number of nitrogens with two attached hydrogens (primary N) is 1. The van der Waals surface area contributed by atoms with Gasteiger partial charge in [-0.3, -0.25) is 9.69 Å². The number of amides is 1. The number of nitrogen functional groups attached to an aromatic ring is 1. The van der Waals surface area contributed by atoms with E-state index in [1.54, 1.807) is 18.2 Å². The molecule has 3 N–H and O–H groups in total. The molecule has 1 fully saturated rings. The third kappa shape index (κ3) is 3.86. The predicted molar refractivity (Wildman–Crippen MR) is 81.5 cm³/mol. The number of carbonyl (C=O) groups is 1. The number of ether oxygens (including phenoxy) is 1. The Bertz CT molecular complexity index is 493. The van der Waals surface area contributed by atoms with Crippen LogP contribution in [0.5, 0.6) is 5.75 Å². The SMILES string of the molecule is COc1cc(N)ccc1C(=O)N1CCCN(CCO)CC1. The lowest BCUT2D eigenvalue weighted by Gasteiger charge is -2.22. The summed E-state index contributed by atoms with van der Waals surface area (Å²) in [6.07, 6.45) is 0.906. The van der Waals surface area contributed by atoms with Crippen LogP contribution in [-0.4, -0.2) is 67.3 Å². The first-order valence-corrected chi connectivity index (χ1v) is 7.21. The van der Waals surface area contributed by atoms with Crippen molar-refractivity contribution in [3.05, 3.63) is 23.8 Å². The molecule has 0 bridgehead atoms. The number of anilines is 1. The highest BCUT2D eigenvalue weighted by Gasteiger charge is 2.22. The van der Waals surface area contributed by atoms with Crippen molar-refractivity contribution in [2.24, 2.45) is 0 Å². The van der Waals surface area contributed by atoms with Crippen molar-refractivity contribution < 1.29 is 14.6 Å². The Kier molecular flexibility index (Phi) is 5.41. The van der Waals surface area contributed by atoms with Crippen LogP contribution in [0.25, 0.3) is 0 Å². The number of rotatable bonds is 4. The van der Waals surface area contributed by atoms with E-state index >= 15 is 0 Å². The minimum Gasteiger partial charge on any atom is -0.496 e. The van der Waals surface area contributed by atoms with Gasteiger partial charge in [-0.1, -0.05) is 0 Å². The largest absolute Gasteiger partial charge is 0.496 e. The second-order valence-electron chi connectivity index (χ2n) is 5.17. The van der Waals surface area contributed by atoms with Crippen LogP contribution in [0.3, 0.4) is 0 Å². The lowest BCUT2D eigenvalue weighted by atomic mass is 10.1. The zero-order chi connectivity index (χ0) is 15.2. The van der Waals surface area contributed by atoms with Crippen LogP contribution >= 0.6 is 0 Å². The Morgan fingerprint density at radius 1 is 1.33 bits per heavy atom. The molecule has 0 saturated carbocycles. The maximum Gasteiger partial charge on any atom is 0.257 e. The molecule has 1 saturated heterocycles. The molecule has 1 aliphatic heterocycles. The average Bonchev–Trinajstić information content (AvgIpc) is 2.72. The van der Waals surface area contributed by atoms with E-state index in [0.29, 0.717) is 36.6 Å². The fourth-order valence-corrected chi connectivity index (χ4v) is 2.59. The number of hydrogen-bond donors (Lipinski definition) is 2. The number of aliphatic hydroxyl groups excluding tert-OH is 1. The molecule has 1 amide bonds. The summed E-state index contributed by atoms with van der Waals surface area (Å²) in [4.78, 5) is 16.7. The van der Waals surface area contributed by atoms with E-state index in [2.05, 4.69) is 4.90 Å². The quantitative estimate of drug-likeness (QED) is 0.787. The van der Waals surface area contributed by atoms with Crippen molar-refractivity contribution in [3.63, 3.8) is 0 Å². The third-order valence-corrected chi connectivity index (χ3v) is 3.75. The fourth-order valence-electron chi connectivity index (χ4n) is 2.59. The van der Waals surface area contributed by atoms with Gasteiger partial charge in [0.1, 0.15) is 5.75 Å². The molecule has 0 unspecified atom stereocenters. The monoisotopic (exact) mass is 293 g/mol. The molecule has 116 valence electrons. The first kappa shape index (κ1) is 15.6. The van der Waals surface area contributed by atoms with Crippen molar-refractivity contribution in [2.75, 3.05) is 52.2 Å². The number of β-amino-alcohol motifs (C(OH)–C–C–N with tert-alkyl or cyclic N) is 1. The molecule has 1 aliphatic rings. The summed E-state index contributed by atoms with van der Waals surface area (Å²) in [6, 6.07) is 5.10. The van der Waals surface area contributed by atoms with Gasteiger partial charge in [-0.15, -0.1) is 0 Å². The van der Waals surface area contributed by atoms with Crippen LogP contribution in [0.1, 0.15) is 16.8 Å². The van der Waals surface area contributed by atoms with E-state index in [1.165, 1.54) is 7.11 Å². The molecule has 1 aromatic carbocycles. The van der Waals surface area contributed by atoms with E-state index in [-0.39, 0.29) is 12.5 Å². The van der Waals surface area contributed by atoms with E-state index in [4.69, 9.17) is 15.6 Å². The maximum atomic E-state index is 12.6. The zero-order valence-electron chi connectivity index (χ0n) is 12.4. The average molecular weight is 293 g/mol. The van der Waals surface area contributed by atoms with E-state index in [9.17, 15) is 4.79 Å². The molecule has 0 radical (unpaired) electrons. The van der Waals surface area contributed by atoms with Gasteiger partial charge in [0.25, 0.3) is 5.91 Å². The Balaban J connectivity index is 2.09. The molecule has 6 nitrogen and oxygen atoms in total. The van der Waals surface area contributed by atoms with Gasteiger partial charge in [0.15, 0.2) is 0 Å². The first-order valence-electron chi connectivity index (χ1n) is 7.21. The normalized spacial score (nSPS) is 16.6. The second-order valence-corrected chi connectivity index (χ2v) is 5.17. The van der Waals surface area contributed by atoms with Crippen LogP contribution in [0, 0.1) is 0 Å². The summed E-state index contributed by atoms with van der Waals surface area (Å²) in [7, 11) is 1.54. The van der Waals surface area contributed by atoms with Crippen molar-refractivity contribution in [1.29, 1.82) is 0 Å². The summed E-state index contributed by atoms with van der Waals surface area (Å²) in [5, 5.41) is 9.01. The molecule has 1 aromatic rings. The number of benzene rings is 1. The van der Waals surface area contributed by atoms with Crippen molar-refractivity contribution in [3.8, 4) is 5.75 Å². The van der Waals surface area contributed by atoms with Crippen molar-refractivity contribution in [1.82, 2.24) is 9.80 Å². The van der Waals surface area contributed by atoms with E-state index in [1.807, 2.05) is 4.90 Å². The van der Waals surface area contributed by atoms with Crippen LogP contribution in [-0.2, 0) is 0 Å². The van der Waals surface area contributed by atoms with Crippen LogP contribution in [0.15, 0.2) is 18.2 Å².